The van der Waals surface area contributed by atoms with Crippen LogP contribution in [0.1, 0.15) is 0 Å². The predicted molar refractivity (Wildman–Crippen MR) is 53.0 cm³/mol. The van der Waals surface area contributed by atoms with Gasteiger partial charge in [-0.25, -0.2) is 4.98 Å². The SMILES string of the molecule is Clc1ccc2scnc2c1.NN. The van der Waals surface area contributed by atoms with Crippen LogP contribution in [0.4, 0.5) is 0 Å². The second-order valence-corrected chi connectivity index (χ2v) is 3.29. The van der Waals surface area contributed by atoms with Crippen LogP contribution in [0.15, 0.2) is 23.7 Å². The fourth-order valence-corrected chi connectivity index (χ4v) is 1.66. The Morgan fingerprint density at radius 3 is 2.83 bits per heavy atom. The monoisotopic (exact) mass is 201 g/mol. The van der Waals surface area contributed by atoms with Crippen molar-refractivity contribution in [1.82, 2.24) is 4.98 Å². The fourth-order valence-electron chi connectivity index (χ4n) is 0.831. The summed E-state index contributed by atoms with van der Waals surface area (Å²) in [6.07, 6.45) is 0. The zero-order chi connectivity index (χ0) is 8.97. The number of hydrogen-bond acceptors (Lipinski definition) is 4. The molecule has 1 heterocycles. The maximum absolute atomic E-state index is 5.74. The van der Waals surface area contributed by atoms with Crippen molar-refractivity contribution >= 4 is 33.2 Å². The molecule has 1 aromatic heterocycles. The molecule has 0 saturated heterocycles. The summed E-state index contributed by atoms with van der Waals surface area (Å²) in [5, 5.41) is 0.749. The molecule has 0 unspecified atom stereocenters. The minimum atomic E-state index is 0.749. The van der Waals surface area contributed by atoms with E-state index in [9.17, 15) is 0 Å². The topological polar surface area (TPSA) is 64.9 Å². The van der Waals surface area contributed by atoms with Crippen LogP contribution < -0.4 is 11.7 Å². The highest BCUT2D eigenvalue weighted by Crippen LogP contribution is 2.20. The first-order chi connectivity index (χ1) is 5.86. The molecule has 0 aliphatic heterocycles. The number of hydrazine groups is 1. The molecule has 64 valence electrons. The van der Waals surface area contributed by atoms with Crippen LogP contribution in [0.3, 0.4) is 0 Å². The molecule has 0 atom stereocenters. The maximum Gasteiger partial charge on any atom is 0.0826 e. The molecule has 1 aromatic carbocycles. The lowest BCUT2D eigenvalue weighted by Crippen LogP contribution is -2.02. The lowest BCUT2D eigenvalue weighted by atomic mass is 10.3. The highest BCUT2D eigenvalue weighted by molar-refractivity contribution is 7.16. The van der Waals surface area contributed by atoms with Gasteiger partial charge in [-0.15, -0.1) is 11.3 Å². The van der Waals surface area contributed by atoms with Gasteiger partial charge in [0.1, 0.15) is 0 Å². The van der Waals surface area contributed by atoms with Gasteiger partial charge in [-0.05, 0) is 18.2 Å². The van der Waals surface area contributed by atoms with Crippen LogP contribution >= 0.6 is 22.9 Å². The molecule has 3 nitrogen and oxygen atoms in total. The zero-order valence-corrected chi connectivity index (χ0v) is 7.77. The van der Waals surface area contributed by atoms with E-state index in [0.717, 1.165) is 10.5 Å². The van der Waals surface area contributed by atoms with E-state index in [2.05, 4.69) is 16.7 Å². The van der Waals surface area contributed by atoms with Gasteiger partial charge in [0, 0.05) is 5.02 Å². The third-order valence-corrected chi connectivity index (χ3v) is 2.34. The Kier molecular flexibility index (Phi) is 3.43. The number of benzene rings is 1. The first-order valence-corrected chi connectivity index (χ1v) is 4.44. The minimum Gasteiger partial charge on any atom is -0.274 e. The predicted octanol–water partition coefficient (Wildman–Crippen LogP) is 1.77. The quantitative estimate of drug-likeness (QED) is 0.504. The van der Waals surface area contributed by atoms with Gasteiger partial charge < -0.3 is 0 Å². The molecule has 0 aliphatic carbocycles. The van der Waals surface area contributed by atoms with E-state index in [0.29, 0.717) is 0 Å². The summed E-state index contributed by atoms with van der Waals surface area (Å²) in [6, 6.07) is 5.73. The Bertz CT molecular complexity index is 360. The lowest BCUT2D eigenvalue weighted by molar-refractivity contribution is 1.26. The molecule has 0 fully saturated rings. The van der Waals surface area contributed by atoms with Gasteiger partial charge in [0.15, 0.2) is 0 Å². The smallest absolute Gasteiger partial charge is 0.0826 e. The van der Waals surface area contributed by atoms with E-state index in [1.165, 1.54) is 4.70 Å². The minimum absolute atomic E-state index is 0.749. The summed E-state index contributed by atoms with van der Waals surface area (Å²) < 4.78 is 1.18. The molecule has 5 heteroatoms. The summed E-state index contributed by atoms with van der Waals surface area (Å²) in [6.45, 7) is 0. The average molecular weight is 202 g/mol. The van der Waals surface area contributed by atoms with Crippen molar-refractivity contribution in [3.63, 3.8) is 0 Å². The first-order valence-electron chi connectivity index (χ1n) is 3.18. The second-order valence-electron chi connectivity index (χ2n) is 1.96. The van der Waals surface area contributed by atoms with Crippen LogP contribution in [-0.2, 0) is 0 Å². The highest BCUT2D eigenvalue weighted by atomic mass is 35.5. The summed E-state index contributed by atoms with van der Waals surface area (Å²) in [5.74, 6) is 8.00. The molecule has 0 spiro atoms. The summed E-state index contributed by atoms with van der Waals surface area (Å²) in [5.41, 5.74) is 2.80. The van der Waals surface area contributed by atoms with E-state index in [1.54, 1.807) is 11.3 Å². The molecular formula is C7H8ClN3S. The fraction of sp³-hybridized carbons (Fsp3) is 0. The number of rotatable bonds is 0. The largest absolute Gasteiger partial charge is 0.274 e. The molecule has 4 N–H and O–H groups in total. The molecule has 0 radical (unpaired) electrons. The van der Waals surface area contributed by atoms with Crippen molar-refractivity contribution in [1.29, 1.82) is 0 Å². The first kappa shape index (κ1) is 9.41. The Hall–Kier alpha value is -0.680. The summed E-state index contributed by atoms with van der Waals surface area (Å²) >= 11 is 7.37. The van der Waals surface area contributed by atoms with Gasteiger partial charge in [0.25, 0.3) is 0 Å². The van der Waals surface area contributed by atoms with Crippen molar-refractivity contribution in [2.75, 3.05) is 0 Å². The lowest BCUT2D eigenvalue weighted by Gasteiger charge is -1.86. The molecule has 2 rings (SSSR count). The van der Waals surface area contributed by atoms with Gasteiger partial charge in [-0.3, -0.25) is 11.7 Å². The van der Waals surface area contributed by atoms with E-state index in [1.807, 2.05) is 23.7 Å². The Morgan fingerprint density at radius 2 is 2.08 bits per heavy atom. The highest BCUT2D eigenvalue weighted by Gasteiger charge is 1.94. The Labute approximate surface area is 78.9 Å². The van der Waals surface area contributed by atoms with E-state index in [-0.39, 0.29) is 0 Å². The van der Waals surface area contributed by atoms with Gasteiger partial charge in [-0.1, -0.05) is 11.6 Å². The van der Waals surface area contributed by atoms with Crippen molar-refractivity contribution in [3.05, 3.63) is 28.7 Å². The van der Waals surface area contributed by atoms with Gasteiger partial charge in [-0.2, -0.15) is 0 Å². The average Bonchev–Trinajstić information content (AvgIpc) is 2.54. The number of thiazole rings is 1. The van der Waals surface area contributed by atoms with Crippen molar-refractivity contribution in [2.24, 2.45) is 11.7 Å². The number of nitrogens with two attached hydrogens (primary N) is 2. The number of aromatic nitrogens is 1. The molecule has 0 bridgehead atoms. The van der Waals surface area contributed by atoms with Crippen LogP contribution in [-0.4, -0.2) is 4.98 Å². The zero-order valence-electron chi connectivity index (χ0n) is 6.20. The third kappa shape index (κ3) is 1.92. The summed E-state index contributed by atoms with van der Waals surface area (Å²) in [7, 11) is 0. The molecule has 2 aromatic rings. The van der Waals surface area contributed by atoms with Crippen LogP contribution in [0.2, 0.25) is 5.02 Å². The standard InChI is InChI=1S/C7H4ClNS.H4N2/c8-5-1-2-7-6(3-5)9-4-10-7;1-2/h1-4H;1-2H2. The van der Waals surface area contributed by atoms with Gasteiger partial charge in [0.05, 0.1) is 15.7 Å². The van der Waals surface area contributed by atoms with E-state index >= 15 is 0 Å². The number of hydrogen-bond donors (Lipinski definition) is 2. The van der Waals surface area contributed by atoms with E-state index < -0.39 is 0 Å². The van der Waals surface area contributed by atoms with Crippen molar-refractivity contribution in [3.8, 4) is 0 Å². The molecule has 0 amide bonds. The van der Waals surface area contributed by atoms with Crippen LogP contribution in [0.25, 0.3) is 10.2 Å². The number of fused-ring (bicyclic) bond motifs is 1. The van der Waals surface area contributed by atoms with Crippen molar-refractivity contribution in [2.45, 2.75) is 0 Å². The normalized spacial score (nSPS) is 9.25. The second kappa shape index (κ2) is 4.37. The number of halogens is 1. The van der Waals surface area contributed by atoms with Gasteiger partial charge >= 0.3 is 0 Å². The Balaban J connectivity index is 0.000000336. The Morgan fingerprint density at radius 1 is 1.33 bits per heavy atom. The molecule has 0 aliphatic rings. The summed E-state index contributed by atoms with van der Waals surface area (Å²) in [4.78, 5) is 4.11. The van der Waals surface area contributed by atoms with Gasteiger partial charge in [0.2, 0.25) is 0 Å². The molecule has 12 heavy (non-hydrogen) atoms. The molecule has 0 saturated carbocycles. The molecular weight excluding hydrogens is 194 g/mol. The van der Waals surface area contributed by atoms with Crippen LogP contribution in [0.5, 0.6) is 0 Å². The van der Waals surface area contributed by atoms with E-state index in [4.69, 9.17) is 11.6 Å². The third-order valence-electron chi connectivity index (χ3n) is 1.29. The maximum atomic E-state index is 5.74. The van der Waals surface area contributed by atoms with Crippen LogP contribution in [0, 0.1) is 0 Å². The number of nitrogens with zero attached hydrogens (tertiary/aromatic N) is 1. The van der Waals surface area contributed by atoms with Crippen molar-refractivity contribution < 1.29 is 0 Å².